The Morgan fingerprint density at radius 2 is 2.04 bits per heavy atom. The van der Waals surface area contributed by atoms with E-state index >= 15 is 0 Å². The van der Waals surface area contributed by atoms with Crippen LogP contribution in [0.4, 0.5) is 5.69 Å². The number of amides is 1. The van der Waals surface area contributed by atoms with Crippen LogP contribution in [0.3, 0.4) is 0 Å². The van der Waals surface area contributed by atoms with Gasteiger partial charge in [0.1, 0.15) is 6.54 Å². The van der Waals surface area contributed by atoms with Gasteiger partial charge in [0.25, 0.3) is 0 Å². The highest BCUT2D eigenvalue weighted by Crippen LogP contribution is 2.24. The summed E-state index contributed by atoms with van der Waals surface area (Å²) >= 11 is 12.4. The summed E-state index contributed by atoms with van der Waals surface area (Å²) in [7, 11) is 3.55. The summed E-state index contributed by atoms with van der Waals surface area (Å²) in [5.74, 6) is 0.712. The molecule has 0 atom stereocenters. The van der Waals surface area contributed by atoms with Gasteiger partial charge in [-0.1, -0.05) is 29.3 Å². The third kappa shape index (κ3) is 4.54. The molecule has 9 heteroatoms. The Morgan fingerprint density at radius 3 is 2.63 bits per heavy atom. The molecule has 1 aliphatic heterocycles. The molecule has 1 amide bonds. The van der Waals surface area contributed by atoms with Crippen LogP contribution in [0.1, 0.15) is 5.56 Å². The Kier molecular flexibility index (Phi) is 6.23. The number of halogens is 2. The minimum absolute atomic E-state index is 0.0198. The molecule has 1 aromatic carbocycles. The van der Waals surface area contributed by atoms with Gasteiger partial charge in [-0.25, -0.2) is 0 Å². The summed E-state index contributed by atoms with van der Waals surface area (Å²) in [6.45, 7) is 2.16. The van der Waals surface area contributed by atoms with E-state index in [9.17, 15) is 4.79 Å². The van der Waals surface area contributed by atoms with E-state index in [1.54, 1.807) is 22.8 Å². The van der Waals surface area contributed by atoms with Crippen LogP contribution >= 0.6 is 23.2 Å². The first-order valence-electron chi connectivity index (χ1n) is 8.67. The molecule has 1 saturated heterocycles. The van der Waals surface area contributed by atoms with Crippen molar-refractivity contribution < 1.29 is 4.79 Å². The summed E-state index contributed by atoms with van der Waals surface area (Å²) in [6.07, 6.45) is 4.21. The van der Waals surface area contributed by atoms with Crippen molar-refractivity contribution in [3.63, 3.8) is 0 Å². The standard InChI is InChI=1S/C18H22Cl2N6O/c1-21-18(22-7-6-14-15(19)4-3-5-16(14)20)25-8-9-26(17(27)12-25)13-10-23-24(2)11-13/h3-5,10-11H,6-9,12H2,1-2H3,(H,21,22). The molecule has 1 N–H and O–H groups in total. The lowest BCUT2D eigenvalue weighted by molar-refractivity contribution is -0.120. The van der Waals surface area contributed by atoms with Gasteiger partial charge in [0.15, 0.2) is 5.96 Å². The number of anilines is 1. The molecule has 0 saturated carbocycles. The molecule has 1 fully saturated rings. The molecular weight excluding hydrogens is 387 g/mol. The number of nitrogens with zero attached hydrogens (tertiary/aromatic N) is 5. The third-order valence-electron chi connectivity index (χ3n) is 4.45. The number of guanidine groups is 1. The van der Waals surface area contributed by atoms with E-state index < -0.39 is 0 Å². The van der Waals surface area contributed by atoms with Crippen molar-refractivity contribution >= 4 is 40.8 Å². The molecule has 0 unspecified atom stereocenters. The molecule has 144 valence electrons. The van der Waals surface area contributed by atoms with E-state index in [-0.39, 0.29) is 12.5 Å². The number of aliphatic imine (C=N–C) groups is 1. The first-order valence-corrected chi connectivity index (χ1v) is 9.42. The lowest BCUT2D eigenvalue weighted by atomic mass is 10.1. The average molecular weight is 409 g/mol. The van der Waals surface area contributed by atoms with Gasteiger partial charge in [-0.05, 0) is 24.1 Å². The van der Waals surface area contributed by atoms with Crippen LogP contribution in [0.2, 0.25) is 10.0 Å². The van der Waals surface area contributed by atoms with Crippen molar-refractivity contribution in [2.24, 2.45) is 12.0 Å². The zero-order valence-corrected chi connectivity index (χ0v) is 16.8. The fourth-order valence-corrected chi connectivity index (χ4v) is 3.66. The minimum atomic E-state index is 0.0198. The molecule has 27 heavy (non-hydrogen) atoms. The molecule has 3 rings (SSSR count). The van der Waals surface area contributed by atoms with Crippen LogP contribution in [0.15, 0.2) is 35.6 Å². The van der Waals surface area contributed by atoms with Gasteiger partial charge in [-0.2, -0.15) is 5.10 Å². The van der Waals surface area contributed by atoms with Gasteiger partial charge in [0.2, 0.25) is 5.91 Å². The van der Waals surface area contributed by atoms with Crippen LogP contribution in [0, 0.1) is 0 Å². The molecule has 2 aromatic rings. The van der Waals surface area contributed by atoms with Crippen LogP contribution in [0.5, 0.6) is 0 Å². The largest absolute Gasteiger partial charge is 0.356 e. The van der Waals surface area contributed by atoms with E-state index in [1.165, 1.54) is 0 Å². The van der Waals surface area contributed by atoms with Gasteiger partial charge < -0.3 is 15.1 Å². The number of aryl methyl sites for hydroxylation is 1. The van der Waals surface area contributed by atoms with Gasteiger partial charge in [0.05, 0.1) is 11.9 Å². The fourth-order valence-electron chi connectivity index (χ4n) is 3.08. The Morgan fingerprint density at radius 1 is 1.30 bits per heavy atom. The number of hydrogen-bond acceptors (Lipinski definition) is 3. The second kappa shape index (κ2) is 8.63. The summed E-state index contributed by atoms with van der Waals surface area (Å²) in [5.41, 5.74) is 1.72. The Hall–Kier alpha value is -2.25. The van der Waals surface area contributed by atoms with Crippen LogP contribution < -0.4 is 10.2 Å². The number of hydrogen-bond donors (Lipinski definition) is 1. The predicted molar refractivity (Wildman–Crippen MR) is 109 cm³/mol. The number of piperazine rings is 1. The molecule has 0 spiro atoms. The normalized spacial score (nSPS) is 15.4. The molecule has 1 aromatic heterocycles. The fraction of sp³-hybridized carbons (Fsp3) is 0.389. The third-order valence-corrected chi connectivity index (χ3v) is 5.16. The Balaban J connectivity index is 1.56. The SMILES string of the molecule is CN=C(NCCc1c(Cl)cccc1Cl)N1CCN(c2cnn(C)c2)C(=O)C1. The monoisotopic (exact) mass is 408 g/mol. The number of carbonyl (C=O) groups excluding carboxylic acids is 1. The van der Waals surface area contributed by atoms with E-state index in [0.717, 1.165) is 11.3 Å². The lowest BCUT2D eigenvalue weighted by Crippen LogP contribution is -2.55. The topological polar surface area (TPSA) is 65.8 Å². The van der Waals surface area contributed by atoms with Crippen molar-refractivity contribution in [2.45, 2.75) is 6.42 Å². The lowest BCUT2D eigenvalue weighted by Gasteiger charge is -2.35. The van der Waals surface area contributed by atoms with E-state index in [4.69, 9.17) is 23.2 Å². The molecule has 1 aliphatic rings. The highest BCUT2D eigenvalue weighted by Gasteiger charge is 2.27. The number of rotatable bonds is 4. The average Bonchev–Trinajstić information content (AvgIpc) is 3.07. The highest BCUT2D eigenvalue weighted by molar-refractivity contribution is 6.36. The predicted octanol–water partition coefficient (Wildman–Crippen LogP) is 2.19. The zero-order valence-electron chi connectivity index (χ0n) is 15.3. The first-order chi connectivity index (χ1) is 13.0. The molecule has 2 heterocycles. The van der Waals surface area contributed by atoms with Crippen LogP contribution in [-0.4, -0.2) is 59.8 Å². The van der Waals surface area contributed by atoms with Gasteiger partial charge in [0, 0.05) is 50.0 Å². The molecule has 0 radical (unpaired) electrons. The number of nitrogens with one attached hydrogen (secondary N) is 1. The van der Waals surface area contributed by atoms with E-state index in [2.05, 4.69) is 15.4 Å². The maximum Gasteiger partial charge on any atom is 0.246 e. The van der Waals surface area contributed by atoms with E-state index in [1.807, 2.05) is 36.3 Å². The summed E-state index contributed by atoms with van der Waals surface area (Å²) < 4.78 is 1.69. The van der Waals surface area contributed by atoms with Crippen LogP contribution in [0.25, 0.3) is 0 Å². The van der Waals surface area contributed by atoms with Crippen molar-refractivity contribution in [3.05, 3.63) is 46.2 Å². The van der Waals surface area contributed by atoms with Gasteiger partial charge in [-0.15, -0.1) is 0 Å². The first kappa shape index (κ1) is 19.5. The smallest absolute Gasteiger partial charge is 0.246 e. The van der Waals surface area contributed by atoms with Gasteiger partial charge >= 0.3 is 0 Å². The van der Waals surface area contributed by atoms with Crippen molar-refractivity contribution in [2.75, 3.05) is 38.1 Å². The molecular formula is C18H22Cl2N6O. The number of carbonyl (C=O) groups is 1. The number of aromatic nitrogens is 2. The highest BCUT2D eigenvalue weighted by atomic mass is 35.5. The van der Waals surface area contributed by atoms with Crippen molar-refractivity contribution in [3.8, 4) is 0 Å². The second-order valence-electron chi connectivity index (χ2n) is 6.26. The molecule has 7 nitrogen and oxygen atoms in total. The maximum atomic E-state index is 12.5. The summed E-state index contributed by atoms with van der Waals surface area (Å²) in [4.78, 5) is 20.5. The van der Waals surface area contributed by atoms with Gasteiger partial charge in [-0.3, -0.25) is 14.5 Å². The minimum Gasteiger partial charge on any atom is -0.356 e. The number of benzene rings is 1. The zero-order chi connectivity index (χ0) is 19.4. The van der Waals surface area contributed by atoms with Crippen molar-refractivity contribution in [1.82, 2.24) is 20.0 Å². The molecule has 0 aliphatic carbocycles. The van der Waals surface area contributed by atoms with Crippen molar-refractivity contribution in [1.29, 1.82) is 0 Å². The Labute approximate surface area is 168 Å². The van der Waals surface area contributed by atoms with E-state index in [0.29, 0.717) is 42.1 Å². The maximum absolute atomic E-state index is 12.5. The second-order valence-corrected chi connectivity index (χ2v) is 7.08. The van der Waals surface area contributed by atoms with Crippen LogP contribution in [-0.2, 0) is 18.3 Å². The summed E-state index contributed by atoms with van der Waals surface area (Å²) in [6, 6.07) is 5.48. The quantitative estimate of drug-likeness (QED) is 0.621. The summed E-state index contributed by atoms with van der Waals surface area (Å²) in [5, 5.41) is 8.73. The Bertz CT molecular complexity index is 830. The molecule has 0 bridgehead atoms.